The molecule has 7 heteroatoms. The van der Waals surface area contributed by atoms with Crippen LogP contribution in [0.4, 0.5) is 13.2 Å². The molecule has 0 saturated heterocycles. The van der Waals surface area contributed by atoms with E-state index in [0.29, 0.717) is 16.7 Å². The Morgan fingerprint density at radius 2 is 1.75 bits per heavy atom. The van der Waals surface area contributed by atoms with Gasteiger partial charge >= 0.3 is 12.1 Å². The number of alkyl halides is 3. The Hall–Kier alpha value is -3.48. The van der Waals surface area contributed by atoms with Crippen molar-refractivity contribution in [1.82, 2.24) is 0 Å². The number of aromatic carboxylic acids is 1. The van der Waals surface area contributed by atoms with Crippen molar-refractivity contribution in [2.24, 2.45) is 0 Å². The molecule has 0 aliphatic carbocycles. The van der Waals surface area contributed by atoms with Crippen molar-refractivity contribution < 1.29 is 32.9 Å². The molecule has 1 N–H and O–H groups in total. The average Bonchev–Trinajstić information content (AvgIpc) is 2.66. The molecule has 28 heavy (non-hydrogen) atoms. The second-order valence-electron chi connectivity index (χ2n) is 5.99. The molecule has 0 aliphatic rings. The molecule has 4 nitrogen and oxygen atoms in total. The summed E-state index contributed by atoms with van der Waals surface area (Å²) in [4.78, 5) is 11.0. The fourth-order valence-corrected chi connectivity index (χ4v) is 2.72. The molecular formula is C21H14F3O4-. The minimum absolute atomic E-state index is 0.0215. The Bertz CT molecular complexity index is 1010. The first-order valence-electron chi connectivity index (χ1n) is 8.18. The molecule has 0 aromatic heterocycles. The Labute approximate surface area is 158 Å². The summed E-state index contributed by atoms with van der Waals surface area (Å²) in [5, 5.41) is 20.9. The van der Waals surface area contributed by atoms with Crippen LogP contribution in [0.1, 0.15) is 21.5 Å². The van der Waals surface area contributed by atoms with Gasteiger partial charge in [-0.15, -0.1) is 0 Å². The molecular weight excluding hydrogens is 373 g/mol. The maximum Gasteiger partial charge on any atom is 0.416 e. The van der Waals surface area contributed by atoms with E-state index in [1.54, 1.807) is 24.3 Å². The van der Waals surface area contributed by atoms with Crippen LogP contribution >= 0.6 is 0 Å². The summed E-state index contributed by atoms with van der Waals surface area (Å²) in [7, 11) is 0. The number of hydrogen-bond acceptors (Lipinski definition) is 3. The standard InChI is InChI=1S/C21H15F3O4/c22-21(23,24)15-5-3-6-16(11-15)28-12-14-4-1-2-7-17(14)13-8-9-18(20(26)27)19(25)10-13/h1-11,25H,12H2,(H,26,27)/p-1. The Kier molecular flexibility index (Phi) is 5.26. The van der Waals surface area contributed by atoms with Crippen molar-refractivity contribution >= 4 is 5.97 Å². The van der Waals surface area contributed by atoms with Gasteiger partial charge in [0, 0.05) is 0 Å². The molecule has 0 saturated carbocycles. The minimum atomic E-state index is -4.46. The first kappa shape index (κ1) is 19.3. The quantitative estimate of drug-likeness (QED) is 0.688. The highest BCUT2D eigenvalue weighted by Crippen LogP contribution is 2.32. The van der Waals surface area contributed by atoms with Crippen LogP contribution in [-0.2, 0) is 12.8 Å². The lowest BCUT2D eigenvalue weighted by Gasteiger charge is -2.16. The Morgan fingerprint density at radius 3 is 2.43 bits per heavy atom. The van der Waals surface area contributed by atoms with Crippen molar-refractivity contribution in [2.45, 2.75) is 12.8 Å². The Balaban J connectivity index is 1.86. The summed E-state index contributed by atoms with van der Waals surface area (Å²) >= 11 is 0. The molecule has 0 fully saturated rings. The van der Waals surface area contributed by atoms with E-state index in [1.165, 1.54) is 30.3 Å². The number of benzene rings is 3. The first-order chi connectivity index (χ1) is 13.3. The van der Waals surface area contributed by atoms with Crippen molar-refractivity contribution in [3.63, 3.8) is 0 Å². The van der Waals surface area contributed by atoms with E-state index >= 15 is 0 Å². The smallest absolute Gasteiger partial charge is 0.416 e. The highest BCUT2D eigenvalue weighted by Gasteiger charge is 2.30. The van der Waals surface area contributed by atoms with E-state index in [2.05, 4.69) is 0 Å². The second kappa shape index (κ2) is 7.64. The van der Waals surface area contributed by atoms with Gasteiger partial charge in [0.2, 0.25) is 0 Å². The molecule has 0 radical (unpaired) electrons. The van der Waals surface area contributed by atoms with Crippen LogP contribution in [0.3, 0.4) is 0 Å². The summed E-state index contributed by atoms with van der Waals surface area (Å²) in [5.41, 5.74) is 0.629. The number of carboxylic acids is 1. The molecule has 0 amide bonds. The number of halogens is 3. The van der Waals surface area contributed by atoms with Gasteiger partial charge in [-0.25, -0.2) is 4.79 Å². The van der Waals surface area contributed by atoms with E-state index in [9.17, 15) is 23.1 Å². The molecule has 0 bridgehead atoms. The largest absolute Gasteiger partial charge is 0.872 e. The zero-order valence-electron chi connectivity index (χ0n) is 14.4. The predicted octanol–water partition coefficient (Wildman–Crippen LogP) is 4.72. The van der Waals surface area contributed by atoms with Gasteiger partial charge < -0.3 is 14.9 Å². The fraction of sp³-hybridized carbons (Fsp3) is 0.0952. The molecule has 3 rings (SSSR count). The van der Waals surface area contributed by atoms with Crippen molar-refractivity contribution in [1.29, 1.82) is 0 Å². The van der Waals surface area contributed by atoms with Crippen LogP contribution in [0.25, 0.3) is 11.1 Å². The SMILES string of the molecule is O=C(O)c1ccc(-c2ccccc2COc2cccc(C(F)(F)F)c2)cc1[O-]. The van der Waals surface area contributed by atoms with Gasteiger partial charge in [0.25, 0.3) is 0 Å². The lowest BCUT2D eigenvalue weighted by molar-refractivity contribution is -0.268. The topological polar surface area (TPSA) is 69.6 Å². The van der Waals surface area contributed by atoms with Crippen LogP contribution in [0.2, 0.25) is 0 Å². The molecule has 0 spiro atoms. The van der Waals surface area contributed by atoms with Crippen LogP contribution in [0.15, 0.2) is 66.7 Å². The molecule has 0 aliphatic heterocycles. The van der Waals surface area contributed by atoms with Gasteiger partial charge in [0.05, 0.1) is 11.1 Å². The monoisotopic (exact) mass is 387 g/mol. The van der Waals surface area contributed by atoms with Gasteiger partial charge in [-0.05, 0) is 41.0 Å². The zero-order chi connectivity index (χ0) is 20.3. The molecule has 3 aromatic carbocycles. The number of carboxylic acid groups (broad SMARTS) is 1. The van der Waals surface area contributed by atoms with E-state index < -0.39 is 23.5 Å². The Morgan fingerprint density at radius 1 is 1.00 bits per heavy atom. The summed E-state index contributed by atoms with van der Waals surface area (Å²) in [6.45, 7) is -0.0215. The van der Waals surface area contributed by atoms with Crippen LogP contribution in [0.5, 0.6) is 11.5 Å². The minimum Gasteiger partial charge on any atom is -0.872 e. The second-order valence-corrected chi connectivity index (χ2v) is 5.99. The number of carbonyl (C=O) groups is 1. The van der Waals surface area contributed by atoms with Crippen LogP contribution in [-0.4, -0.2) is 11.1 Å². The van der Waals surface area contributed by atoms with Gasteiger partial charge in [0.1, 0.15) is 12.4 Å². The fourth-order valence-electron chi connectivity index (χ4n) is 2.72. The van der Waals surface area contributed by atoms with Gasteiger partial charge in [-0.2, -0.15) is 13.2 Å². The van der Waals surface area contributed by atoms with E-state index in [0.717, 1.165) is 12.1 Å². The van der Waals surface area contributed by atoms with Gasteiger partial charge in [-0.1, -0.05) is 48.2 Å². The highest BCUT2D eigenvalue weighted by molar-refractivity contribution is 5.91. The number of hydrogen-bond donors (Lipinski definition) is 1. The van der Waals surface area contributed by atoms with E-state index in [-0.39, 0.29) is 17.9 Å². The van der Waals surface area contributed by atoms with Crippen molar-refractivity contribution in [3.05, 3.63) is 83.4 Å². The molecule has 0 unspecified atom stereocenters. The zero-order valence-corrected chi connectivity index (χ0v) is 14.4. The maximum absolute atomic E-state index is 12.8. The molecule has 0 heterocycles. The lowest BCUT2D eigenvalue weighted by Crippen LogP contribution is -2.06. The summed E-state index contributed by atoms with van der Waals surface area (Å²) in [6, 6.07) is 15.4. The van der Waals surface area contributed by atoms with E-state index in [1.807, 2.05) is 0 Å². The third-order valence-electron chi connectivity index (χ3n) is 4.10. The van der Waals surface area contributed by atoms with Crippen molar-refractivity contribution in [2.75, 3.05) is 0 Å². The summed E-state index contributed by atoms with van der Waals surface area (Å²) in [5.74, 6) is -1.87. The molecule has 144 valence electrons. The first-order valence-corrected chi connectivity index (χ1v) is 8.18. The third-order valence-corrected chi connectivity index (χ3v) is 4.10. The number of ether oxygens (including phenoxy) is 1. The predicted molar refractivity (Wildman–Crippen MR) is 94.1 cm³/mol. The van der Waals surface area contributed by atoms with Gasteiger partial charge in [-0.3, -0.25) is 0 Å². The summed E-state index contributed by atoms with van der Waals surface area (Å²) in [6.07, 6.45) is -4.46. The van der Waals surface area contributed by atoms with Gasteiger partial charge in [0.15, 0.2) is 0 Å². The maximum atomic E-state index is 12.8. The lowest BCUT2D eigenvalue weighted by atomic mass is 9.98. The number of rotatable bonds is 5. The van der Waals surface area contributed by atoms with E-state index in [4.69, 9.17) is 9.84 Å². The highest BCUT2D eigenvalue weighted by atomic mass is 19.4. The molecule has 3 aromatic rings. The molecule has 0 atom stereocenters. The van der Waals surface area contributed by atoms with Crippen LogP contribution in [0, 0.1) is 0 Å². The van der Waals surface area contributed by atoms with Crippen LogP contribution < -0.4 is 9.84 Å². The summed E-state index contributed by atoms with van der Waals surface area (Å²) < 4.78 is 44.0. The van der Waals surface area contributed by atoms with Crippen molar-refractivity contribution in [3.8, 4) is 22.6 Å². The average molecular weight is 387 g/mol. The third kappa shape index (κ3) is 4.25. The normalized spacial score (nSPS) is 11.2.